The number of nitrogens with zero attached hydrogens (tertiary/aromatic N) is 1. The van der Waals surface area contributed by atoms with Gasteiger partial charge in [0, 0.05) is 13.1 Å². The van der Waals surface area contributed by atoms with E-state index in [0.717, 1.165) is 11.0 Å². The lowest BCUT2D eigenvalue weighted by Crippen LogP contribution is -2.59. The highest BCUT2D eigenvalue weighted by Crippen LogP contribution is 2.50. The third kappa shape index (κ3) is 4.87. The van der Waals surface area contributed by atoms with E-state index >= 15 is 0 Å². The van der Waals surface area contributed by atoms with Gasteiger partial charge in [-0.1, -0.05) is 6.07 Å². The number of halogens is 7. The molecule has 1 aliphatic heterocycles. The van der Waals surface area contributed by atoms with Gasteiger partial charge < -0.3 is 15.5 Å². The average molecular weight is 455 g/mol. The van der Waals surface area contributed by atoms with Gasteiger partial charge in [-0.3, -0.25) is 4.79 Å². The quantitative estimate of drug-likeness (QED) is 0.677. The van der Waals surface area contributed by atoms with E-state index in [1.54, 1.807) is 0 Å². The van der Waals surface area contributed by atoms with Crippen molar-refractivity contribution in [3.8, 4) is 0 Å². The normalized spacial score (nSPS) is 25.5. The second-order valence-electron chi connectivity index (χ2n) is 7.79. The van der Waals surface area contributed by atoms with E-state index in [2.05, 4.69) is 10.6 Å². The topological polar surface area (TPSA) is 61.4 Å². The predicted molar refractivity (Wildman–Crippen MR) is 94.1 cm³/mol. The molecule has 1 saturated heterocycles. The maximum atomic E-state index is 13.7. The van der Waals surface area contributed by atoms with Gasteiger partial charge in [0.2, 0.25) is 5.91 Å². The van der Waals surface area contributed by atoms with Crippen LogP contribution in [0, 0.1) is 17.7 Å². The maximum Gasteiger partial charge on any atom is 0.419 e. The Morgan fingerprint density at radius 3 is 2.42 bits per heavy atom. The van der Waals surface area contributed by atoms with Crippen molar-refractivity contribution in [2.24, 2.45) is 11.8 Å². The highest BCUT2D eigenvalue weighted by Gasteiger charge is 2.50. The number of hydrogen-bond donors (Lipinski definition) is 2. The second kappa shape index (κ2) is 8.19. The Kier molecular flexibility index (Phi) is 6.12. The number of nitrogens with one attached hydrogen (secondary N) is 2. The number of urea groups is 1. The Hall–Kier alpha value is -2.53. The molecule has 0 aromatic heterocycles. The summed E-state index contributed by atoms with van der Waals surface area (Å²) in [7, 11) is 0. The first-order valence-electron chi connectivity index (χ1n) is 9.57. The van der Waals surface area contributed by atoms with Gasteiger partial charge in [0.1, 0.15) is 11.9 Å². The van der Waals surface area contributed by atoms with Crippen LogP contribution in [0.4, 0.5) is 35.5 Å². The zero-order valence-corrected chi connectivity index (χ0v) is 16.3. The number of amides is 3. The molecule has 31 heavy (non-hydrogen) atoms. The number of alkyl halides is 6. The first-order valence-corrected chi connectivity index (χ1v) is 9.57. The lowest BCUT2D eigenvalue weighted by Gasteiger charge is -2.43. The van der Waals surface area contributed by atoms with E-state index in [1.807, 2.05) is 0 Å². The molecule has 2 aliphatic rings. The Balaban J connectivity index is 1.88. The van der Waals surface area contributed by atoms with Gasteiger partial charge in [-0.15, -0.1) is 0 Å². The number of carbonyl (C=O) groups excluding carboxylic acids is 2. The molecule has 1 aromatic carbocycles. The third-order valence-electron chi connectivity index (χ3n) is 5.80. The first kappa shape index (κ1) is 23.1. The van der Waals surface area contributed by atoms with Crippen molar-refractivity contribution in [3.63, 3.8) is 0 Å². The molecule has 1 aliphatic carbocycles. The van der Waals surface area contributed by atoms with Crippen LogP contribution in [0.3, 0.4) is 0 Å². The molecular formula is C19H20F7N3O2. The van der Waals surface area contributed by atoms with Crippen molar-refractivity contribution >= 4 is 11.9 Å². The average Bonchev–Trinajstić information content (AvgIpc) is 2.60. The van der Waals surface area contributed by atoms with Gasteiger partial charge in [0.05, 0.1) is 17.5 Å². The van der Waals surface area contributed by atoms with Gasteiger partial charge in [-0.2, -0.15) is 26.3 Å². The Morgan fingerprint density at radius 1 is 1.19 bits per heavy atom. The van der Waals surface area contributed by atoms with E-state index in [9.17, 15) is 40.3 Å². The van der Waals surface area contributed by atoms with E-state index < -0.39 is 59.6 Å². The highest BCUT2D eigenvalue weighted by atomic mass is 19.4. The van der Waals surface area contributed by atoms with Crippen molar-refractivity contribution in [3.05, 3.63) is 35.1 Å². The van der Waals surface area contributed by atoms with Crippen molar-refractivity contribution < 1.29 is 40.3 Å². The standard InChI is InChI=1S/C19H20F7N3O2/c1-9-16(30)27-4-5-29(9)17(31)28-15(11-6-12(7-11)18(21,22)23)10-2-3-14(20)13(8-10)19(24,25)26/h2-3,8-9,11-12,15H,4-7H2,1H3,(H,27,30)(H,28,31)/t9-,11-,12-,15-/m1/s1. The van der Waals surface area contributed by atoms with Crippen molar-refractivity contribution in [1.29, 1.82) is 0 Å². The largest absolute Gasteiger partial charge is 0.419 e. The van der Waals surface area contributed by atoms with Crippen LogP contribution < -0.4 is 10.6 Å². The molecule has 1 heterocycles. The number of hydrogen-bond acceptors (Lipinski definition) is 2. The number of piperazine rings is 1. The molecule has 1 aromatic rings. The molecule has 2 fully saturated rings. The van der Waals surface area contributed by atoms with E-state index in [-0.39, 0.29) is 31.5 Å². The summed E-state index contributed by atoms with van der Waals surface area (Å²) in [6.07, 6.45) is -10.2. The Labute approximate surface area is 173 Å². The van der Waals surface area contributed by atoms with Gasteiger partial charge in [-0.05, 0) is 43.4 Å². The van der Waals surface area contributed by atoms with E-state index in [4.69, 9.17) is 0 Å². The van der Waals surface area contributed by atoms with Gasteiger partial charge in [0.25, 0.3) is 0 Å². The molecule has 12 heteroatoms. The molecule has 0 spiro atoms. The smallest absolute Gasteiger partial charge is 0.353 e. The molecule has 0 unspecified atom stereocenters. The van der Waals surface area contributed by atoms with E-state index in [1.165, 1.54) is 6.92 Å². The summed E-state index contributed by atoms with van der Waals surface area (Å²) in [5.74, 6) is -4.38. The van der Waals surface area contributed by atoms with Gasteiger partial charge in [-0.25, -0.2) is 9.18 Å². The molecule has 1 saturated carbocycles. The minimum absolute atomic E-state index is 0.124. The molecule has 2 atom stereocenters. The predicted octanol–water partition coefficient (Wildman–Crippen LogP) is 4.00. The molecule has 172 valence electrons. The fourth-order valence-corrected chi connectivity index (χ4v) is 3.90. The molecule has 0 radical (unpaired) electrons. The van der Waals surface area contributed by atoms with Crippen molar-refractivity contribution in [2.75, 3.05) is 13.1 Å². The summed E-state index contributed by atoms with van der Waals surface area (Å²) in [5, 5.41) is 5.02. The monoisotopic (exact) mass is 455 g/mol. The van der Waals surface area contributed by atoms with Crippen LogP contribution in [0.5, 0.6) is 0 Å². The molecule has 3 rings (SSSR count). The third-order valence-corrected chi connectivity index (χ3v) is 5.80. The van der Waals surface area contributed by atoms with Crippen LogP contribution in [0.1, 0.15) is 36.9 Å². The van der Waals surface area contributed by atoms with Crippen molar-refractivity contribution in [2.45, 2.75) is 44.2 Å². The summed E-state index contributed by atoms with van der Waals surface area (Å²) in [5.41, 5.74) is -1.72. The maximum absolute atomic E-state index is 13.7. The van der Waals surface area contributed by atoms with Crippen LogP contribution in [0.25, 0.3) is 0 Å². The minimum Gasteiger partial charge on any atom is -0.353 e. The molecular weight excluding hydrogens is 435 g/mol. The summed E-state index contributed by atoms with van der Waals surface area (Å²) < 4.78 is 91.8. The SMILES string of the molecule is C[C@@H]1C(=O)NCCN1C(=O)N[C@H](c1ccc(F)c(C(F)(F)F)c1)[C@H]1C[C@H](C(F)(F)F)C1. The lowest BCUT2D eigenvalue weighted by molar-refractivity contribution is -0.206. The minimum atomic E-state index is -5.01. The van der Waals surface area contributed by atoms with Gasteiger partial charge >= 0.3 is 18.4 Å². The van der Waals surface area contributed by atoms with Crippen LogP contribution in [0.15, 0.2) is 18.2 Å². The number of benzene rings is 1. The zero-order valence-electron chi connectivity index (χ0n) is 16.3. The van der Waals surface area contributed by atoms with Crippen LogP contribution in [-0.2, 0) is 11.0 Å². The lowest BCUT2D eigenvalue weighted by atomic mass is 9.69. The molecule has 0 bridgehead atoms. The zero-order chi connectivity index (χ0) is 23.1. The number of rotatable bonds is 3. The summed E-state index contributed by atoms with van der Waals surface area (Å²) >= 11 is 0. The summed E-state index contributed by atoms with van der Waals surface area (Å²) in [6.45, 7) is 1.74. The summed E-state index contributed by atoms with van der Waals surface area (Å²) in [6, 6.07) is -0.756. The van der Waals surface area contributed by atoms with Crippen LogP contribution in [0.2, 0.25) is 0 Å². The van der Waals surface area contributed by atoms with Crippen LogP contribution >= 0.6 is 0 Å². The fraction of sp³-hybridized carbons (Fsp3) is 0.579. The number of carbonyl (C=O) groups is 2. The van der Waals surface area contributed by atoms with Crippen molar-refractivity contribution in [1.82, 2.24) is 15.5 Å². The molecule has 2 N–H and O–H groups in total. The fourth-order valence-electron chi connectivity index (χ4n) is 3.90. The first-order chi connectivity index (χ1) is 14.3. The molecule has 3 amide bonds. The van der Waals surface area contributed by atoms with E-state index in [0.29, 0.717) is 12.1 Å². The molecule has 5 nitrogen and oxygen atoms in total. The Morgan fingerprint density at radius 2 is 1.84 bits per heavy atom. The summed E-state index contributed by atoms with van der Waals surface area (Å²) in [4.78, 5) is 25.7. The second-order valence-corrected chi connectivity index (χ2v) is 7.79. The van der Waals surface area contributed by atoms with Gasteiger partial charge in [0.15, 0.2) is 0 Å². The Bertz CT molecular complexity index is 850. The van der Waals surface area contributed by atoms with Crippen LogP contribution in [-0.4, -0.2) is 42.1 Å². The highest BCUT2D eigenvalue weighted by molar-refractivity contribution is 5.88.